The topological polar surface area (TPSA) is 51.8 Å². The molecule has 0 fully saturated rings. The van der Waals surface area contributed by atoms with Crippen molar-refractivity contribution in [2.45, 2.75) is 0 Å². The average molecular weight is 702 g/mol. The molecule has 55 heavy (non-hydrogen) atoms. The van der Waals surface area contributed by atoms with Crippen molar-refractivity contribution in [3.63, 3.8) is 0 Å². The molecule has 0 bridgehead atoms. The maximum atomic E-state index is 6.57. The second kappa shape index (κ2) is 12.6. The minimum atomic E-state index is 0.588. The Labute approximate surface area is 317 Å². The van der Waals surface area contributed by atoms with Gasteiger partial charge in [0.25, 0.3) is 0 Å². The van der Waals surface area contributed by atoms with Crippen molar-refractivity contribution in [3.05, 3.63) is 188 Å². The highest BCUT2D eigenvalue weighted by atomic mass is 16.3. The molecule has 0 amide bonds. The first-order chi connectivity index (χ1) is 27.3. The molecule has 9 aromatic carbocycles. The molecular weight excluding hydrogens is 671 g/mol. The number of nitrogens with zero attached hydrogens (tertiary/aromatic N) is 3. The fourth-order valence-corrected chi connectivity index (χ4v) is 8.17. The summed E-state index contributed by atoms with van der Waals surface area (Å²) in [6.45, 7) is 0. The first-order valence-electron chi connectivity index (χ1n) is 18.5. The number of aromatic nitrogens is 3. The minimum absolute atomic E-state index is 0.588. The van der Waals surface area contributed by atoms with E-state index in [-0.39, 0.29) is 0 Å². The fourth-order valence-electron chi connectivity index (χ4n) is 8.17. The molecule has 0 unspecified atom stereocenters. The van der Waals surface area contributed by atoms with Gasteiger partial charge in [-0.2, -0.15) is 0 Å². The summed E-state index contributed by atoms with van der Waals surface area (Å²) in [5.41, 5.74) is 8.79. The van der Waals surface area contributed by atoms with E-state index < -0.39 is 0 Å². The van der Waals surface area contributed by atoms with Gasteiger partial charge in [0.2, 0.25) is 0 Å². The van der Waals surface area contributed by atoms with E-state index in [2.05, 4.69) is 164 Å². The van der Waals surface area contributed by atoms with Crippen molar-refractivity contribution >= 4 is 54.3 Å². The van der Waals surface area contributed by atoms with Gasteiger partial charge in [-0.1, -0.05) is 164 Å². The molecule has 256 valence electrons. The average Bonchev–Trinajstić information content (AvgIpc) is 3.65. The Hall–Kier alpha value is -7.43. The van der Waals surface area contributed by atoms with Crippen LogP contribution >= 0.6 is 0 Å². The lowest BCUT2D eigenvalue weighted by Crippen LogP contribution is -2.02. The zero-order chi connectivity index (χ0) is 36.3. The van der Waals surface area contributed by atoms with Gasteiger partial charge >= 0.3 is 0 Å². The summed E-state index contributed by atoms with van der Waals surface area (Å²) in [6, 6.07) is 65.6. The monoisotopic (exact) mass is 701 g/mol. The van der Waals surface area contributed by atoms with Crippen molar-refractivity contribution in [2.75, 3.05) is 0 Å². The normalized spacial score (nSPS) is 11.6. The van der Waals surface area contributed by atoms with E-state index in [4.69, 9.17) is 19.4 Å². The zero-order valence-electron chi connectivity index (χ0n) is 29.6. The van der Waals surface area contributed by atoms with Crippen molar-refractivity contribution < 1.29 is 4.42 Å². The van der Waals surface area contributed by atoms with Crippen LogP contribution in [0, 0.1) is 0 Å². The van der Waals surface area contributed by atoms with Gasteiger partial charge in [-0.15, -0.1) is 0 Å². The van der Waals surface area contributed by atoms with Gasteiger partial charge < -0.3 is 4.42 Å². The molecule has 0 spiro atoms. The predicted molar refractivity (Wildman–Crippen MR) is 227 cm³/mol. The third-order valence-electron chi connectivity index (χ3n) is 10.7. The first-order valence-corrected chi connectivity index (χ1v) is 18.5. The van der Waals surface area contributed by atoms with Crippen LogP contribution in [-0.2, 0) is 0 Å². The second-order valence-corrected chi connectivity index (χ2v) is 13.9. The van der Waals surface area contributed by atoms with Gasteiger partial charge in [0.05, 0.1) is 0 Å². The van der Waals surface area contributed by atoms with Gasteiger partial charge in [-0.25, -0.2) is 15.0 Å². The van der Waals surface area contributed by atoms with E-state index in [9.17, 15) is 0 Å². The second-order valence-electron chi connectivity index (χ2n) is 13.9. The Balaban J connectivity index is 1.22. The van der Waals surface area contributed by atoms with Crippen LogP contribution in [0.4, 0.5) is 0 Å². The summed E-state index contributed by atoms with van der Waals surface area (Å²) in [5, 5.41) is 8.93. The lowest BCUT2D eigenvalue weighted by molar-refractivity contribution is 0.669. The maximum absolute atomic E-state index is 6.57. The van der Waals surface area contributed by atoms with Crippen molar-refractivity contribution in [1.82, 2.24) is 15.0 Å². The molecule has 2 aromatic heterocycles. The smallest absolute Gasteiger partial charge is 0.164 e. The van der Waals surface area contributed by atoms with Crippen molar-refractivity contribution in [1.29, 1.82) is 0 Å². The number of benzene rings is 9. The number of hydrogen-bond acceptors (Lipinski definition) is 4. The largest absolute Gasteiger partial charge is 0.456 e. The Bertz CT molecular complexity index is 3260. The summed E-state index contributed by atoms with van der Waals surface area (Å²) in [5.74, 6) is 1.81. The van der Waals surface area contributed by atoms with E-state index in [0.717, 1.165) is 82.4 Å². The summed E-state index contributed by atoms with van der Waals surface area (Å²) >= 11 is 0. The highest BCUT2D eigenvalue weighted by Gasteiger charge is 2.21. The molecule has 0 aliphatic rings. The maximum Gasteiger partial charge on any atom is 0.164 e. The quantitative estimate of drug-likeness (QED) is 0.168. The first kappa shape index (κ1) is 31.1. The Morgan fingerprint density at radius 3 is 1.69 bits per heavy atom. The highest BCUT2D eigenvalue weighted by Crippen LogP contribution is 2.42. The van der Waals surface area contributed by atoms with Crippen molar-refractivity contribution in [2.24, 2.45) is 0 Å². The lowest BCUT2D eigenvalue weighted by atomic mass is 9.92. The number of rotatable bonds is 5. The zero-order valence-corrected chi connectivity index (χ0v) is 29.6. The van der Waals surface area contributed by atoms with E-state index >= 15 is 0 Å². The van der Waals surface area contributed by atoms with E-state index in [1.165, 1.54) is 10.8 Å². The Kier molecular flexibility index (Phi) is 7.14. The van der Waals surface area contributed by atoms with E-state index in [1.54, 1.807) is 0 Å². The van der Waals surface area contributed by atoms with Gasteiger partial charge in [-0.05, 0) is 73.5 Å². The molecule has 4 nitrogen and oxygen atoms in total. The van der Waals surface area contributed by atoms with Crippen LogP contribution in [0.2, 0.25) is 0 Å². The molecule has 0 N–H and O–H groups in total. The number of furan rings is 1. The summed E-state index contributed by atoms with van der Waals surface area (Å²) in [6.07, 6.45) is 0. The summed E-state index contributed by atoms with van der Waals surface area (Å²) in [4.78, 5) is 16.1. The van der Waals surface area contributed by atoms with Crippen LogP contribution in [-0.4, -0.2) is 15.0 Å². The van der Waals surface area contributed by atoms with Gasteiger partial charge in [-0.3, -0.25) is 0 Å². The molecule has 0 saturated heterocycles. The molecule has 0 saturated carbocycles. The lowest BCUT2D eigenvalue weighted by Gasteiger charge is -2.15. The van der Waals surface area contributed by atoms with E-state index in [0.29, 0.717) is 17.5 Å². The molecular formula is C51H31N3O. The molecule has 11 rings (SSSR count). The molecule has 0 aliphatic heterocycles. The Morgan fingerprint density at radius 1 is 0.291 bits per heavy atom. The molecule has 0 radical (unpaired) electrons. The van der Waals surface area contributed by atoms with Gasteiger partial charge in [0.15, 0.2) is 17.5 Å². The molecule has 4 heteroatoms. The van der Waals surface area contributed by atoms with Gasteiger partial charge in [0, 0.05) is 32.8 Å². The van der Waals surface area contributed by atoms with E-state index in [1.807, 2.05) is 24.3 Å². The SMILES string of the molecule is c1ccc(-c2ccc3c(c2)oc2cccc(-c4nc(-c5ccccc5-c5ccccc5)nc(-c5cc6ccccc6c6ccc7ccccc7c56)n4)c23)cc1. The van der Waals surface area contributed by atoms with Crippen LogP contribution in [0.15, 0.2) is 192 Å². The molecule has 11 aromatic rings. The molecule has 0 atom stereocenters. The fraction of sp³-hybridized carbons (Fsp3) is 0. The van der Waals surface area contributed by atoms with Crippen molar-refractivity contribution in [3.8, 4) is 56.4 Å². The molecule has 0 aliphatic carbocycles. The summed E-state index contributed by atoms with van der Waals surface area (Å²) < 4.78 is 6.57. The Morgan fingerprint density at radius 2 is 0.891 bits per heavy atom. The van der Waals surface area contributed by atoms with Gasteiger partial charge in [0.1, 0.15) is 11.2 Å². The van der Waals surface area contributed by atoms with Crippen LogP contribution < -0.4 is 0 Å². The highest BCUT2D eigenvalue weighted by molar-refractivity contribution is 6.22. The standard InChI is InChI=1S/C51H31N3O/c1-3-14-32(15-4-1)35-27-29-42-46(31-35)55-45-25-13-24-43(48(42)45)50-52-49(41-23-12-11-20-37(41)33-16-5-2-6-17-33)53-51(54-50)44-30-36-19-8-9-21-38(36)40-28-26-34-18-7-10-22-39(34)47(40)44/h1-31H. The summed E-state index contributed by atoms with van der Waals surface area (Å²) in [7, 11) is 0. The molecule has 2 heterocycles. The third kappa shape index (κ3) is 5.19. The van der Waals surface area contributed by atoms with Crippen LogP contribution in [0.3, 0.4) is 0 Å². The number of hydrogen-bond donors (Lipinski definition) is 0. The number of fused-ring (bicyclic) bond motifs is 8. The predicted octanol–water partition coefficient (Wildman–Crippen LogP) is 13.6. The minimum Gasteiger partial charge on any atom is -0.456 e. The third-order valence-corrected chi connectivity index (χ3v) is 10.7. The van der Waals surface area contributed by atoms with Crippen LogP contribution in [0.1, 0.15) is 0 Å². The van der Waals surface area contributed by atoms with Crippen LogP contribution in [0.5, 0.6) is 0 Å². The van der Waals surface area contributed by atoms with Crippen LogP contribution in [0.25, 0.3) is 111 Å².